The van der Waals surface area contributed by atoms with Gasteiger partial charge >= 0.3 is 0 Å². The summed E-state index contributed by atoms with van der Waals surface area (Å²) in [6.45, 7) is 0.986. The first-order valence-corrected chi connectivity index (χ1v) is 7.90. The maximum absolute atomic E-state index is 12.8. The first-order chi connectivity index (χ1) is 11.3. The third-order valence-corrected chi connectivity index (χ3v) is 4.41. The van der Waals surface area contributed by atoms with Crippen LogP contribution in [0.25, 0.3) is 11.0 Å². The van der Waals surface area contributed by atoms with Crippen LogP contribution in [-0.4, -0.2) is 42.5 Å². The van der Waals surface area contributed by atoms with Crippen molar-refractivity contribution in [2.24, 2.45) is 0 Å². The van der Waals surface area contributed by atoms with E-state index in [4.69, 9.17) is 0 Å². The Kier molecular flexibility index (Phi) is 3.53. The minimum Gasteiger partial charge on any atom is -0.333 e. The van der Waals surface area contributed by atoms with E-state index in [1.54, 1.807) is 10.9 Å². The van der Waals surface area contributed by atoms with Crippen LogP contribution in [0.5, 0.6) is 0 Å². The Morgan fingerprint density at radius 2 is 2.17 bits per heavy atom. The van der Waals surface area contributed by atoms with Crippen LogP contribution in [0.1, 0.15) is 31.0 Å². The molecule has 0 radical (unpaired) electrons. The molecule has 4 rings (SSSR count). The summed E-state index contributed by atoms with van der Waals surface area (Å²) in [5.74, 6) is 0.0694. The van der Waals surface area contributed by atoms with E-state index in [-0.39, 0.29) is 18.5 Å². The van der Waals surface area contributed by atoms with Crippen LogP contribution >= 0.6 is 0 Å². The lowest BCUT2D eigenvalue weighted by atomic mass is 9.99. The molecule has 0 saturated carbocycles. The molecule has 1 atom stereocenters. The number of likely N-dealkylation sites (tertiary alicyclic amines) is 1. The minimum absolute atomic E-state index is 0.0694. The number of para-hydroxylation sites is 1. The van der Waals surface area contributed by atoms with Crippen LogP contribution < -0.4 is 0 Å². The third kappa shape index (κ3) is 2.58. The molecule has 0 bridgehead atoms. The fraction of sp³-hybridized carbons (Fsp3) is 0.375. The van der Waals surface area contributed by atoms with Gasteiger partial charge in [0.1, 0.15) is 12.1 Å². The lowest BCUT2D eigenvalue weighted by molar-refractivity contribution is -0.136. The molecule has 7 nitrogen and oxygen atoms in total. The van der Waals surface area contributed by atoms with E-state index in [1.807, 2.05) is 35.2 Å². The molecule has 0 spiro atoms. The number of aromatic nitrogens is 5. The topological polar surface area (TPSA) is 79.7 Å². The quantitative estimate of drug-likeness (QED) is 0.801. The van der Waals surface area contributed by atoms with E-state index in [9.17, 15) is 4.79 Å². The van der Waals surface area contributed by atoms with Gasteiger partial charge < -0.3 is 4.90 Å². The number of nitrogens with zero attached hydrogens (tertiary/aromatic N) is 5. The second kappa shape index (κ2) is 5.83. The number of carbonyl (C=O) groups is 1. The molecule has 3 heterocycles. The molecule has 7 heteroatoms. The average molecular weight is 310 g/mol. The van der Waals surface area contributed by atoms with E-state index in [0.29, 0.717) is 0 Å². The molecule has 1 aliphatic heterocycles. The van der Waals surface area contributed by atoms with Gasteiger partial charge in [-0.1, -0.05) is 17.3 Å². The number of amides is 1. The number of carbonyl (C=O) groups excluding carboxylic acids is 1. The van der Waals surface area contributed by atoms with Crippen molar-refractivity contribution in [1.82, 2.24) is 30.1 Å². The Hall–Kier alpha value is -2.70. The zero-order valence-corrected chi connectivity index (χ0v) is 12.7. The van der Waals surface area contributed by atoms with Gasteiger partial charge in [0.2, 0.25) is 5.91 Å². The number of aromatic amines is 1. The lowest BCUT2D eigenvalue weighted by Crippen LogP contribution is -2.40. The second-order valence-electron chi connectivity index (χ2n) is 5.85. The Labute approximate surface area is 133 Å². The second-order valence-corrected chi connectivity index (χ2v) is 5.85. The highest BCUT2D eigenvalue weighted by atomic mass is 16.2. The maximum Gasteiger partial charge on any atom is 0.244 e. The summed E-state index contributed by atoms with van der Waals surface area (Å²) in [6, 6.07) is 9.71. The monoisotopic (exact) mass is 310 g/mol. The summed E-state index contributed by atoms with van der Waals surface area (Å²) in [7, 11) is 0. The molecule has 1 aromatic carbocycles. The van der Waals surface area contributed by atoms with Crippen LogP contribution in [0, 0.1) is 0 Å². The first kappa shape index (κ1) is 13.9. The van der Waals surface area contributed by atoms with Crippen molar-refractivity contribution in [3.8, 4) is 0 Å². The third-order valence-electron chi connectivity index (χ3n) is 4.41. The van der Waals surface area contributed by atoms with Gasteiger partial charge in [-0.05, 0) is 37.5 Å². The van der Waals surface area contributed by atoms with Gasteiger partial charge in [-0.25, -0.2) is 4.68 Å². The number of hydrogen-bond acceptors (Lipinski definition) is 4. The molecule has 118 valence electrons. The van der Waals surface area contributed by atoms with Crippen LogP contribution in [0.4, 0.5) is 0 Å². The summed E-state index contributed by atoms with van der Waals surface area (Å²) in [4.78, 5) is 14.8. The van der Waals surface area contributed by atoms with Crippen LogP contribution in [0.3, 0.4) is 0 Å². The van der Waals surface area contributed by atoms with Gasteiger partial charge in [-0.2, -0.15) is 5.10 Å². The van der Waals surface area contributed by atoms with Crippen LogP contribution in [0.2, 0.25) is 0 Å². The highest BCUT2D eigenvalue weighted by molar-refractivity contribution is 5.80. The fourth-order valence-electron chi connectivity index (χ4n) is 3.26. The van der Waals surface area contributed by atoms with E-state index in [2.05, 4.69) is 20.5 Å². The van der Waals surface area contributed by atoms with Crippen LogP contribution in [-0.2, 0) is 11.3 Å². The van der Waals surface area contributed by atoms with Gasteiger partial charge in [-0.3, -0.25) is 9.89 Å². The molecule has 1 N–H and O–H groups in total. The molecule has 3 aromatic rings. The Bertz CT molecular complexity index is 809. The number of fused-ring (bicyclic) bond motifs is 1. The van der Waals surface area contributed by atoms with Gasteiger partial charge in [0.05, 0.1) is 17.3 Å². The highest BCUT2D eigenvalue weighted by Gasteiger charge is 2.29. The Morgan fingerprint density at radius 3 is 3.04 bits per heavy atom. The summed E-state index contributed by atoms with van der Waals surface area (Å²) in [5.41, 5.74) is 2.70. The standard InChI is InChI=1S/C16H18N6O/c23-16(11-22-15-7-2-1-5-12(15)19-20-22)21-10-4-3-6-14(21)13-8-9-17-18-13/h1-2,5,7-9,14H,3-4,6,10-11H2,(H,17,18)/t14-/m0/s1. The molecule has 1 aliphatic rings. The molecular formula is C16H18N6O. The fourth-order valence-corrected chi connectivity index (χ4v) is 3.26. The first-order valence-electron chi connectivity index (χ1n) is 7.90. The summed E-state index contributed by atoms with van der Waals surface area (Å²) >= 11 is 0. The molecule has 1 fully saturated rings. The summed E-state index contributed by atoms with van der Waals surface area (Å²) in [6.07, 6.45) is 4.86. The SMILES string of the molecule is O=C(Cn1nnc2ccccc21)N1CCCC[C@H]1c1ccn[nH]1. The van der Waals surface area contributed by atoms with Gasteiger partial charge in [0.15, 0.2) is 0 Å². The van der Waals surface area contributed by atoms with Gasteiger partial charge in [0, 0.05) is 12.7 Å². The van der Waals surface area contributed by atoms with Crippen molar-refractivity contribution in [1.29, 1.82) is 0 Å². The van der Waals surface area contributed by atoms with Crippen molar-refractivity contribution in [3.63, 3.8) is 0 Å². The molecule has 1 amide bonds. The minimum atomic E-state index is 0.0694. The number of benzene rings is 1. The molecule has 2 aromatic heterocycles. The van der Waals surface area contributed by atoms with Crippen molar-refractivity contribution in [3.05, 3.63) is 42.2 Å². The van der Waals surface area contributed by atoms with Gasteiger partial charge in [0.25, 0.3) is 0 Å². The van der Waals surface area contributed by atoms with E-state index in [1.165, 1.54) is 0 Å². The molecule has 0 unspecified atom stereocenters. The molecule has 1 saturated heterocycles. The maximum atomic E-state index is 12.8. The smallest absolute Gasteiger partial charge is 0.244 e. The zero-order valence-electron chi connectivity index (χ0n) is 12.7. The number of nitrogens with one attached hydrogen (secondary N) is 1. The summed E-state index contributed by atoms with van der Waals surface area (Å²) in [5, 5.41) is 15.2. The van der Waals surface area contributed by atoms with E-state index in [0.717, 1.165) is 42.5 Å². The molecular weight excluding hydrogens is 292 g/mol. The molecule has 23 heavy (non-hydrogen) atoms. The number of rotatable bonds is 3. The lowest BCUT2D eigenvalue weighted by Gasteiger charge is -2.35. The van der Waals surface area contributed by atoms with Gasteiger partial charge in [-0.15, -0.1) is 5.10 Å². The number of piperidine rings is 1. The number of H-pyrrole nitrogens is 1. The highest BCUT2D eigenvalue weighted by Crippen LogP contribution is 2.29. The van der Waals surface area contributed by atoms with Crippen molar-refractivity contribution < 1.29 is 4.79 Å². The Balaban J connectivity index is 1.57. The largest absolute Gasteiger partial charge is 0.333 e. The summed E-state index contributed by atoms with van der Waals surface area (Å²) < 4.78 is 1.68. The normalized spacial score (nSPS) is 18.4. The number of hydrogen-bond donors (Lipinski definition) is 1. The predicted octanol–water partition coefficient (Wildman–Crippen LogP) is 1.91. The van der Waals surface area contributed by atoms with E-state index >= 15 is 0 Å². The molecule has 0 aliphatic carbocycles. The van der Waals surface area contributed by atoms with Crippen molar-refractivity contribution in [2.45, 2.75) is 31.8 Å². The predicted molar refractivity (Wildman–Crippen MR) is 84.4 cm³/mol. The van der Waals surface area contributed by atoms with E-state index < -0.39 is 0 Å². The average Bonchev–Trinajstić information content (AvgIpc) is 3.25. The van der Waals surface area contributed by atoms with Crippen molar-refractivity contribution in [2.75, 3.05) is 6.54 Å². The Morgan fingerprint density at radius 1 is 1.26 bits per heavy atom. The van der Waals surface area contributed by atoms with Crippen molar-refractivity contribution >= 4 is 16.9 Å². The van der Waals surface area contributed by atoms with Crippen LogP contribution in [0.15, 0.2) is 36.5 Å². The zero-order chi connectivity index (χ0) is 15.6.